The van der Waals surface area contributed by atoms with E-state index in [1.165, 1.54) is 22.5 Å². The Morgan fingerprint density at radius 1 is 1.30 bits per heavy atom. The van der Waals surface area contributed by atoms with E-state index in [1.54, 1.807) is 14.0 Å². The molecule has 0 aliphatic heterocycles. The van der Waals surface area contributed by atoms with Crippen molar-refractivity contribution in [1.29, 1.82) is 0 Å². The smallest absolute Gasteiger partial charge is 0.332 e. The summed E-state index contributed by atoms with van der Waals surface area (Å²) in [6, 6.07) is 0. The van der Waals surface area contributed by atoms with Crippen LogP contribution in [0.3, 0.4) is 0 Å². The molecular weight excluding hydrogens is 304 g/mol. The molecule has 0 fully saturated rings. The summed E-state index contributed by atoms with van der Waals surface area (Å²) in [5, 5.41) is 13.9. The Morgan fingerprint density at radius 2 is 2.04 bits per heavy atom. The molecule has 0 aliphatic carbocycles. The first-order chi connectivity index (χ1) is 10.9. The Hall–Kier alpha value is -2.75. The summed E-state index contributed by atoms with van der Waals surface area (Å²) < 4.78 is 8.68. The second kappa shape index (κ2) is 5.47. The van der Waals surface area contributed by atoms with Gasteiger partial charge in [0.2, 0.25) is 5.89 Å². The molecule has 0 saturated carbocycles. The van der Waals surface area contributed by atoms with Crippen molar-refractivity contribution in [2.45, 2.75) is 26.0 Å². The molecule has 3 rings (SSSR count). The van der Waals surface area contributed by atoms with Gasteiger partial charge in [-0.15, -0.1) is 0 Å². The van der Waals surface area contributed by atoms with Crippen LogP contribution in [-0.2, 0) is 27.1 Å². The summed E-state index contributed by atoms with van der Waals surface area (Å²) in [7, 11) is 2.94. The molecule has 3 aromatic heterocycles. The lowest BCUT2D eigenvalue weighted by Crippen LogP contribution is -2.37. The van der Waals surface area contributed by atoms with Gasteiger partial charge >= 0.3 is 5.69 Å². The van der Waals surface area contributed by atoms with E-state index in [-0.39, 0.29) is 24.1 Å². The predicted molar refractivity (Wildman–Crippen MR) is 79.0 cm³/mol. The third-order valence-corrected chi connectivity index (χ3v) is 3.61. The van der Waals surface area contributed by atoms with Crippen LogP contribution in [0.25, 0.3) is 11.2 Å². The first kappa shape index (κ1) is 15.2. The average molecular weight is 320 g/mol. The van der Waals surface area contributed by atoms with E-state index in [2.05, 4.69) is 15.1 Å². The van der Waals surface area contributed by atoms with Crippen LogP contribution >= 0.6 is 0 Å². The number of nitrogens with zero attached hydrogens (tertiary/aromatic N) is 6. The minimum Gasteiger partial charge on any atom is -0.391 e. The standard InChI is InChI=1S/C13H16N6O4/c1-7-15-9(16-23-7)4-8(20)5-19-6-14-11-10(19)12(21)18(3)13(22)17(11)2/h6,8,20H,4-5H2,1-3H3. The minimum absolute atomic E-state index is 0.123. The van der Waals surface area contributed by atoms with Gasteiger partial charge in [-0.05, 0) is 0 Å². The summed E-state index contributed by atoms with van der Waals surface area (Å²) in [4.78, 5) is 32.3. The quantitative estimate of drug-likeness (QED) is 0.636. The molecule has 0 bridgehead atoms. The number of aliphatic hydroxyl groups excluding tert-OH is 1. The van der Waals surface area contributed by atoms with Crippen molar-refractivity contribution >= 4 is 11.2 Å². The maximum absolute atomic E-state index is 12.3. The second-order valence-electron chi connectivity index (χ2n) is 5.36. The number of aliphatic hydroxyl groups is 1. The fraction of sp³-hybridized carbons (Fsp3) is 0.462. The van der Waals surface area contributed by atoms with E-state index < -0.39 is 17.4 Å². The van der Waals surface area contributed by atoms with Crippen molar-refractivity contribution in [1.82, 2.24) is 28.8 Å². The molecule has 10 heteroatoms. The van der Waals surface area contributed by atoms with Gasteiger partial charge in [-0.25, -0.2) is 9.78 Å². The zero-order chi connectivity index (χ0) is 16.7. The number of hydrogen-bond acceptors (Lipinski definition) is 7. The first-order valence-electron chi connectivity index (χ1n) is 6.96. The van der Waals surface area contributed by atoms with Crippen LogP contribution in [0.1, 0.15) is 11.7 Å². The van der Waals surface area contributed by atoms with Crippen LogP contribution in [0.2, 0.25) is 0 Å². The highest BCUT2D eigenvalue weighted by Crippen LogP contribution is 2.08. The highest BCUT2D eigenvalue weighted by atomic mass is 16.5. The number of imidazole rings is 1. The monoisotopic (exact) mass is 320 g/mol. The Labute approximate surface area is 129 Å². The van der Waals surface area contributed by atoms with Gasteiger partial charge in [0, 0.05) is 27.4 Å². The minimum atomic E-state index is -0.827. The molecular formula is C13H16N6O4. The van der Waals surface area contributed by atoms with Crippen LogP contribution in [0.5, 0.6) is 0 Å². The average Bonchev–Trinajstić information content (AvgIpc) is 3.09. The highest BCUT2D eigenvalue weighted by molar-refractivity contribution is 5.69. The summed E-state index contributed by atoms with van der Waals surface area (Å²) in [5.41, 5.74) is -0.363. The van der Waals surface area contributed by atoms with E-state index >= 15 is 0 Å². The number of aromatic nitrogens is 6. The number of fused-ring (bicyclic) bond motifs is 1. The van der Waals surface area contributed by atoms with Crippen LogP contribution in [-0.4, -0.2) is 40.0 Å². The molecule has 0 saturated heterocycles. The Kier molecular flexibility index (Phi) is 3.60. The SMILES string of the molecule is Cc1nc(CC(O)Cn2cnc3c2c(=O)n(C)c(=O)n3C)no1. The summed E-state index contributed by atoms with van der Waals surface area (Å²) in [6.45, 7) is 1.79. The van der Waals surface area contributed by atoms with Crippen molar-refractivity contribution in [3.05, 3.63) is 38.9 Å². The molecule has 1 atom stereocenters. The topological polar surface area (TPSA) is 121 Å². The van der Waals surface area contributed by atoms with E-state index in [0.717, 1.165) is 4.57 Å². The lowest BCUT2D eigenvalue weighted by atomic mass is 10.2. The zero-order valence-electron chi connectivity index (χ0n) is 12.9. The fourth-order valence-electron chi connectivity index (χ4n) is 2.46. The van der Waals surface area contributed by atoms with Crippen LogP contribution in [0.15, 0.2) is 20.4 Å². The molecule has 1 unspecified atom stereocenters. The molecule has 23 heavy (non-hydrogen) atoms. The second-order valence-corrected chi connectivity index (χ2v) is 5.36. The predicted octanol–water partition coefficient (Wildman–Crippen LogP) is -1.27. The lowest BCUT2D eigenvalue weighted by molar-refractivity contribution is 0.152. The van der Waals surface area contributed by atoms with Crippen LogP contribution in [0, 0.1) is 6.92 Å². The highest BCUT2D eigenvalue weighted by Gasteiger charge is 2.17. The summed E-state index contributed by atoms with van der Waals surface area (Å²) >= 11 is 0. The Morgan fingerprint density at radius 3 is 2.70 bits per heavy atom. The molecule has 0 aliphatic rings. The largest absolute Gasteiger partial charge is 0.391 e. The van der Waals surface area contributed by atoms with Gasteiger partial charge in [-0.3, -0.25) is 13.9 Å². The van der Waals surface area contributed by atoms with Gasteiger partial charge in [0.05, 0.1) is 19.0 Å². The summed E-state index contributed by atoms with van der Waals surface area (Å²) in [6.07, 6.45) is 0.783. The van der Waals surface area contributed by atoms with Crippen molar-refractivity contribution in [3.63, 3.8) is 0 Å². The van der Waals surface area contributed by atoms with E-state index in [9.17, 15) is 14.7 Å². The zero-order valence-corrected chi connectivity index (χ0v) is 12.9. The van der Waals surface area contributed by atoms with E-state index in [0.29, 0.717) is 11.7 Å². The first-order valence-corrected chi connectivity index (χ1v) is 6.96. The Balaban J connectivity index is 1.95. The molecule has 1 N–H and O–H groups in total. The fourth-order valence-corrected chi connectivity index (χ4v) is 2.46. The van der Waals surface area contributed by atoms with Gasteiger partial charge in [0.15, 0.2) is 17.0 Å². The molecule has 0 amide bonds. The maximum Gasteiger partial charge on any atom is 0.332 e. The normalized spacial score (nSPS) is 12.9. The molecule has 10 nitrogen and oxygen atoms in total. The van der Waals surface area contributed by atoms with E-state index in [4.69, 9.17) is 4.52 Å². The molecule has 0 spiro atoms. The van der Waals surface area contributed by atoms with E-state index in [1.807, 2.05) is 0 Å². The molecule has 0 aromatic carbocycles. The number of rotatable bonds is 4. The number of aryl methyl sites for hydroxylation is 2. The van der Waals surface area contributed by atoms with Crippen molar-refractivity contribution in [2.75, 3.05) is 0 Å². The van der Waals surface area contributed by atoms with Gasteiger partial charge < -0.3 is 14.2 Å². The molecule has 3 heterocycles. The maximum atomic E-state index is 12.3. The van der Waals surface area contributed by atoms with Crippen LogP contribution < -0.4 is 11.2 Å². The van der Waals surface area contributed by atoms with Gasteiger partial charge in [0.25, 0.3) is 5.56 Å². The van der Waals surface area contributed by atoms with Crippen LogP contribution in [0.4, 0.5) is 0 Å². The van der Waals surface area contributed by atoms with Crippen molar-refractivity contribution in [3.8, 4) is 0 Å². The molecule has 122 valence electrons. The molecule has 3 aromatic rings. The Bertz CT molecular complexity index is 979. The van der Waals surface area contributed by atoms with Gasteiger partial charge in [0.1, 0.15) is 0 Å². The lowest BCUT2D eigenvalue weighted by Gasteiger charge is -2.10. The third-order valence-electron chi connectivity index (χ3n) is 3.61. The third kappa shape index (κ3) is 2.57. The van der Waals surface area contributed by atoms with Gasteiger partial charge in [-0.2, -0.15) is 4.98 Å². The number of hydrogen-bond donors (Lipinski definition) is 1. The summed E-state index contributed by atoms with van der Waals surface area (Å²) in [5.74, 6) is 0.809. The van der Waals surface area contributed by atoms with Gasteiger partial charge in [-0.1, -0.05) is 5.16 Å². The van der Waals surface area contributed by atoms with Crippen molar-refractivity contribution < 1.29 is 9.63 Å². The molecule has 0 radical (unpaired) electrons. The van der Waals surface area contributed by atoms with Crippen molar-refractivity contribution in [2.24, 2.45) is 14.1 Å².